The summed E-state index contributed by atoms with van der Waals surface area (Å²) in [5.41, 5.74) is -1.82. The molecule has 32 atom stereocenters. The predicted molar refractivity (Wildman–Crippen MR) is 290 cm³/mol. The Bertz CT molecular complexity index is 2460. The standard InChI is InChI=1S/C59H94O28/c1-54(2)14-16-59(53(77)87-50-41(73)38(70)35(67)28(21-62)81-50)17-15-57(6)23(24(59)18-54)8-9-30-56(5)12-11-31(55(3,4)29(56)10-13-58(30,57)7)82-52-46(86-49-40(72)37(69)34(66)27(20-61)80-49)43(42(74)44(84-52)47(75)76)83-51-45(32(64)25(63)22-78-51)85-48-39(71)36(68)33(65)26(19-60)79-48/h8,24-46,48-52,60-74H,9-22H2,1-7H3,(H,75,76)/t24-,25+,26+,27+,28+,29-,30+,31-,32-,33+,34+,35+,36-,37-,38-,39+,40+,41+,42-,43-,44-,45+,46+,48-,49-,50-,51-,52+,56-,57+,58+,59-/m0/s1. The van der Waals surface area contributed by atoms with Crippen molar-refractivity contribution >= 4 is 11.9 Å². The van der Waals surface area contributed by atoms with Crippen molar-refractivity contribution in [2.45, 2.75) is 266 Å². The van der Waals surface area contributed by atoms with Crippen LogP contribution in [0.2, 0.25) is 0 Å². The number of aliphatic hydroxyl groups is 15. The van der Waals surface area contributed by atoms with Gasteiger partial charge in [-0.15, -0.1) is 0 Å². The molecule has 5 saturated heterocycles. The number of hydrogen-bond donors (Lipinski definition) is 16. The minimum absolute atomic E-state index is 0.0737. The van der Waals surface area contributed by atoms with E-state index in [1.54, 1.807) is 0 Å². The van der Waals surface area contributed by atoms with Crippen molar-refractivity contribution in [1.29, 1.82) is 0 Å². The number of aliphatic hydroxyl groups excluding tert-OH is 15. The molecule has 5 aliphatic carbocycles. The van der Waals surface area contributed by atoms with Crippen molar-refractivity contribution in [3.8, 4) is 0 Å². The van der Waals surface area contributed by atoms with Crippen LogP contribution in [-0.4, -0.2) is 274 Å². The third kappa shape index (κ3) is 11.4. The summed E-state index contributed by atoms with van der Waals surface area (Å²) in [7, 11) is 0. The van der Waals surface area contributed by atoms with Crippen LogP contribution in [0.5, 0.6) is 0 Å². The molecule has 87 heavy (non-hydrogen) atoms. The molecule has 0 aromatic carbocycles. The van der Waals surface area contributed by atoms with E-state index < -0.39 is 208 Å². The van der Waals surface area contributed by atoms with Gasteiger partial charge in [-0.05, 0) is 109 Å². The number of ether oxygens (including phenoxy) is 10. The molecule has 16 N–H and O–H groups in total. The largest absolute Gasteiger partial charge is 0.479 e. The van der Waals surface area contributed by atoms with Crippen molar-refractivity contribution < 1.29 is 139 Å². The zero-order valence-corrected chi connectivity index (χ0v) is 50.2. The lowest BCUT2D eigenvalue weighted by Crippen LogP contribution is -2.69. The molecule has 0 bridgehead atoms. The summed E-state index contributed by atoms with van der Waals surface area (Å²) < 4.78 is 60.5. The number of carboxylic acid groups (broad SMARTS) is 1. The van der Waals surface area contributed by atoms with Gasteiger partial charge in [-0.2, -0.15) is 0 Å². The molecule has 5 heterocycles. The first-order valence-electron chi connectivity index (χ1n) is 30.7. The molecule has 0 amide bonds. The summed E-state index contributed by atoms with van der Waals surface area (Å²) in [5, 5.41) is 172. The van der Waals surface area contributed by atoms with Crippen molar-refractivity contribution in [2.75, 3.05) is 26.4 Å². The van der Waals surface area contributed by atoms with Crippen molar-refractivity contribution in [1.82, 2.24) is 0 Å². The summed E-state index contributed by atoms with van der Waals surface area (Å²) in [4.78, 5) is 28.0. The minimum atomic E-state index is -2.24. The minimum Gasteiger partial charge on any atom is -0.479 e. The quantitative estimate of drug-likeness (QED) is 0.0456. The normalized spacial score (nSPS) is 53.1. The lowest BCUT2D eigenvalue weighted by atomic mass is 9.33. The summed E-state index contributed by atoms with van der Waals surface area (Å²) in [6, 6.07) is 0. The Labute approximate surface area is 503 Å². The molecule has 0 aromatic rings. The lowest BCUT2D eigenvalue weighted by Gasteiger charge is -2.71. The van der Waals surface area contributed by atoms with Crippen LogP contribution in [0.4, 0.5) is 0 Å². The van der Waals surface area contributed by atoms with Gasteiger partial charge in [-0.25, -0.2) is 4.79 Å². The first-order chi connectivity index (χ1) is 40.7. The average molecular weight is 1250 g/mol. The topological polar surface area (TPSA) is 450 Å². The molecule has 10 aliphatic rings. The van der Waals surface area contributed by atoms with Gasteiger partial charge >= 0.3 is 11.9 Å². The number of aliphatic carboxylic acids is 1. The molecule has 0 spiro atoms. The van der Waals surface area contributed by atoms with E-state index in [2.05, 4.69) is 40.7 Å². The highest BCUT2D eigenvalue weighted by atomic mass is 16.8. The summed E-state index contributed by atoms with van der Waals surface area (Å²) in [5.74, 6) is -2.50. The lowest BCUT2D eigenvalue weighted by molar-refractivity contribution is -0.401. The smallest absolute Gasteiger partial charge is 0.335 e. The molecule has 0 unspecified atom stereocenters. The van der Waals surface area contributed by atoms with Crippen LogP contribution in [0.3, 0.4) is 0 Å². The Morgan fingerprint density at radius 3 is 1.62 bits per heavy atom. The van der Waals surface area contributed by atoms with E-state index >= 15 is 0 Å². The zero-order valence-electron chi connectivity index (χ0n) is 50.2. The van der Waals surface area contributed by atoms with E-state index in [0.717, 1.165) is 12.8 Å². The number of rotatable bonds is 14. The molecule has 10 rings (SSSR count). The van der Waals surface area contributed by atoms with Crippen LogP contribution in [0, 0.1) is 50.2 Å². The highest BCUT2D eigenvalue weighted by molar-refractivity contribution is 5.79. The first-order valence-corrected chi connectivity index (χ1v) is 30.7. The third-order valence-corrected chi connectivity index (χ3v) is 23.1. The van der Waals surface area contributed by atoms with E-state index in [-0.39, 0.29) is 34.0 Å². The molecule has 28 heteroatoms. The van der Waals surface area contributed by atoms with Gasteiger partial charge < -0.3 is 129 Å². The van der Waals surface area contributed by atoms with Crippen molar-refractivity contribution in [3.63, 3.8) is 0 Å². The van der Waals surface area contributed by atoms with Gasteiger partial charge in [0.05, 0.1) is 37.9 Å². The van der Waals surface area contributed by atoms with Crippen LogP contribution in [0.1, 0.15) is 113 Å². The molecule has 0 aromatic heterocycles. The molecule has 498 valence electrons. The Morgan fingerprint density at radius 1 is 0.529 bits per heavy atom. The number of fused-ring (bicyclic) bond motifs is 7. The second-order valence-electron chi connectivity index (χ2n) is 28.7. The number of allylic oxidation sites excluding steroid dienone is 2. The fourth-order valence-electron chi connectivity index (χ4n) is 17.7. The highest BCUT2D eigenvalue weighted by Gasteiger charge is 2.71. The fourth-order valence-corrected chi connectivity index (χ4v) is 17.7. The number of esters is 1. The molecular weight excluding hydrogens is 1160 g/mol. The van der Waals surface area contributed by atoms with E-state index in [9.17, 15) is 91.3 Å². The monoisotopic (exact) mass is 1250 g/mol. The average Bonchev–Trinajstić information content (AvgIpc) is 0.697. The van der Waals surface area contributed by atoms with Crippen LogP contribution in [-0.2, 0) is 57.0 Å². The fraction of sp³-hybridized carbons (Fsp3) is 0.932. The molecule has 0 radical (unpaired) electrons. The number of hydrogen-bond acceptors (Lipinski definition) is 27. The molecule has 9 fully saturated rings. The summed E-state index contributed by atoms with van der Waals surface area (Å²) in [6.07, 6.45) is -36.7. The van der Waals surface area contributed by atoms with E-state index in [1.165, 1.54) is 5.57 Å². The molecule has 4 saturated carbocycles. The van der Waals surface area contributed by atoms with Gasteiger partial charge in [0.25, 0.3) is 0 Å². The van der Waals surface area contributed by atoms with Crippen LogP contribution < -0.4 is 0 Å². The second kappa shape index (κ2) is 24.9. The van der Waals surface area contributed by atoms with Gasteiger partial charge in [-0.3, -0.25) is 4.79 Å². The second-order valence-corrected chi connectivity index (χ2v) is 28.7. The van der Waals surface area contributed by atoms with Crippen LogP contribution in [0.15, 0.2) is 11.6 Å². The molecule has 5 aliphatic heterocycles. The van der Waals surface area contributed by atoms with Gasteiger partial charge in [0.1, 0.15) is 110 Å². The number of carbonyl (C=O) groups excluding carboxylic acids is 1. The summed E-state index contributed by atoms with van der Waals surface area (Å²) >= 11 is 0. The molecule has 28 nitrogen and oxygen atoms in total. The highest BCUT2D eigenvalue weighted by Crippen LogP contribution is 2.76. The Morgan fingerprint density at radius 2 is 1.06 bits per heavy atom. The first kappa shape index (κ1) is 67.6. The van der Waals surface area contributed by atoms with E-state index in [0.29, 0.717) is 51.4 Å². The van der Waals surface area contributed by atoms with Crippen LogP contribution in [0.25, 0.3) is 0 Å². The Kier molecular flexibility index (Phi) is 19.3. The molecular formula is C59H94O28. The van der Waals surface area contributed by atoms with Gasteiger partial charge in [-0.1, -0.05) is 60.1 Å². The van der Waals surface area contributed by atoms with Gasteiger partial charge in [0, 0.05) is 0 Å². The third-order valence-electron chi connectivity index (χ3n) is 23.1. The number of carbonyl (C=O) groups is 2. The summed E-state index contributed by atoms with van der Waals surface area (Å²) in [6.45, 7) is 12.4. The van der Waals surface area contributed by atoms with Gasteiger partial charge in [0.2, 0.25) is 6.29 Å². The number of carboxylic acids is 1. The Hall–Kier alpha value is -2.28. The predicted octanol–water partition coefficient (Wildman–Crippen LogP) is -3.48. The Balaban J connectivity index is 0.941. The van der Waals surface area contributed by atoms with Crippen molar-refractivity contribution in [3.05, 3.63) is 11.6 Å². The zero-order chi connectivity index (χ0) is 63.6. The van der Waals surface area contributed by atoms with Gasteiger partial charge in [0.15, 0.2) is 31.3 Å². The van der Waals surface area contributed by atoms with E-state index in [1.807, 2.05) is 13.8 Å². The maximum Gasteiger partial charge on any atom is 0.335 e. The van der Waals surface area contributed by atoms with Crippen LogP contribution >= 0.6 is 0 Å². The van der Waals surface area contributed by atoms with E-state index in [4.69, 9.17) is 47.4 Å². The van der Waals surface area contributed by atoms with Crippen molar-refractivity contribution in [2.24, 2.45) is 50.2 Å². The SMILES string of the molecule is CC1(C)CC[C@]2(C(=O)O[C@@H]3O[C@H](CO)[C@@H](O)[C@H](O)[C@H]3O)CC[C@]3(C)C(=CC[C@@H]4[C@@]5(C)CC[C@H](O[C@@H]6O[C@H](C(=O)O)[C@@H](O)[C@H](O[C@@H]7OC[C@@H](O)[C@H](O)[C@H]7O[C@@H]7O[C@H](CO)[C@@H](O)[C@H](O)[C@H]7O)[C@H]6O[C@@H]6O[C@H](CO)[C@@H](O)[C@H](O)[C@H]6O)C(C)(C)[C@@H]5CC[C@]43C)[C@@H]2C1. The maximum absolute atomic E-state index is 14.9. The maximum atomic E-state index is 14.9.